The van der Waals surface area contributed by atoms with Gasteiger partial charge in [-0.05, 0) is 52.9 Å². The van der Waals surface area contributed by atoms with Crippen molar-refractivity contribution in [3.63, 3.8) is 0 Å². The lowest BCUT2D eigenvalue weighted by Crippen LogP contribution is -2.58. The number of hydrogen-bond donors (Lipinski definition) is 0. The van der Waals surface area contributed by atoms with Gasteiger partial charge in [-0.3, -0.25) is 14.7 Å². The third kappa shape index (κ3) is 6.58. The first-order valence-corrected chi connectivity index (χ1v) is 12.5. The van der Waals surface area contributed by atoms with E-state index in [0.717, 1.165) is 58.8 Å². The maximum atomic E-state index is 12.5. The number of rotatable bonds is 8. The van der Waals surface area contributed by atoms with Crippen molar-refractivity contribution in [3.8, 4) is 0 Å². The Morgan fingerprint density at radius 3 is 1.58 bits per heavy atom. The molecule has 2 aliphatic heterocycles. The predicted octanol–water partition coefficient (Wildman–Crippen LogP) is 4.01. The molecule has 0 aromatic heterocycles. The Kier molecular flexibility index (Phi) is 9.24. The predicted molar refractivity (Wildman–Crippen MR) is 130 cm³/mol. The molecule has 2 heterocycles. The largest absolute Gasteiger partial charge is 0.449 e. The normalized spacial score (nSPS) is 21.7. The third-order valence-corrected chi connectivity index (χ3v) is 8.69. The van der Waals surface area contributed by atoms with Crippen molar-refractivity contribution in [1.82, 2.24) is 19.6 Å². The minimum Gasteiger partial charge on any atom is -0.449 e. The van der Waals surface area contributed by atoms with Gasteiger partial charge in [-0.25, -0.2) is 4.79 Å². The fourth-order valence-corrected chi connectivity index (χ4v) is 4.53. The van der Waals surface area contributed by atoms with E-state index >= 15 is 0 Å². The van der Waals surface area contributed by atoms with Crippen LogP contribution >= 0.6 is 0 Å². The van der Waals surface area contributed by atoms with Crippen molar-refractivity contribution in [2.24, 2.45) is 11.8 Å². The van der Waals surface area contributed by atoms with Gasteiger partial charge in [-0.1, -0.05) is 27.7 Å². The van der Waals surface area contributed by atoms with Gasteiger partial charge in [0.1, 0.15) is 0 Å². The molecule has 0 aromatic carbocycles. The monoisotopic (exact) mass is 438 g/mol. The summed E-state index contributed by atoms with van der Waals surface area (Å²) in [6, 6.07) is 0.445. The topological polar surface area (TPSA) is 39.3 Å². The van der Waals surface area contributed by atoms with E-state index in [4.69, 9.17) is 4.74 Å². The summed E-state index contributed by atoms with van der Waals surface area (Å²) in [6.45, 7) is 29.1. The fraction of sp³-hybridized carbons (Fsp3) is 0.960. The van der Waals surface area contributed by atoms with Crippen LogP contribution in [0, 0.1) is 11.8 Å². The van der Waals surface area contributed by atoms with Crippen LogP contribution < -0.4 is 0 Å². The maximum Gasteiger partial charge on any atom is 0.409 e. The van der Waals surface area contributed by atoms with Crippen LogP contribution in [0.2, 0.25) is 0 Å². The standard InChI is InChI=1S/C25H50N4O2/c1-20(2)24(6,7)28-15-11-26(12-16-28)22(5)10-19-31-23(30)27-13-17-29(18-14-27)25(8,9)21(3)4/h20-22H,10-19H2,1-9H3. The second-order valence-corrected chi connectivity index (χ2v) is 11.4. The van der Waals surface area contributed by atoms with Crippen LogP contribution in [0.15, 0.2) is 0 Å². The quantitative estimate of drug-likeness (QED) is 0.573. The van der Waals surface area contributed by atoms with Crippen LogP contribution in [0.25, 0.3) is 0 Å². The van der Waals surface area contributed by atoms with Crippen LogP contribution in [-0.2, 0) is 4.74 Å². The highest BCUT2D eigenvalue weighted by atomic mass is 16.6. The van der Waals surface area contributed by atoms with Gasteiger partial charge in [-0.2, -0.15) is 0 Å². The Bertz CT molecular complexity index is 560. The zero-order valence-electron chi connectivity index (χ0n) is 21.9. The van der Waals surface area contributed by atoms with Crippen molar-refractivity contribution >= 4 is 6.09 Å². The summed E-state index contributed by atoms with van der Waals surface area (Å²) in [5, 5.41) is 0. The van der Waals surface area contributed by atoms with Crippen LogP contribution in [0.3, 0.4) is 0 Å². The molecule has 6 nitrogen and oxygen atoms in total. The summed E-state index contributed by atoms with van der Waals surface area (Å²) >= 11 is 0. The highest BCUT2D eigenvalue weighted by molar-refractivity contribution is 5.67. The average Bonchev–Trinajstić information content (AvgIpc) is 2.73. The van der Waals surface area contributed by atoms with Crippen molar-refractivity contribution in [3.05, 3.63) is 0 Å². The van der Waals surface area contributed by atoms with Crippen molar-refractivity contribution in [2.75, 3.05) is 59.0 Å². The van der Waals surface area contributed by atoms with Crippen molar-refractivity contribution < 1.29 is 9.53 Å². The zero-order chi connectivity index (χ0) is 23.4. The molecule has 2 fully saturated rings. The lowest BCUT2D eigenvalue weighted by atomic mass is 9.88. The molecule has 0 N–H and O–H groups in total. The number of carbonyl (C=O) groups is 1. The van der Waals surface area contributed by atoms with E-state index in [1.807, 2.05) is 4.90 Å². The molecule has 0 spiro atoms. The SMILES string of the molecule is CC(CCOC(=O)N1CCN(C(C)(C)C(C)C)CC1)N1CCN(C(C)(C)C(C)C)CC1. The van der Waals surface area contributed by atoms with Gasteiger partial charge in [0.05, 0.1) is 6.61 Å². The number of hydrogen-bond acceptors (Lipinski definition) is 5. The van der Waals surface area contributed by atoms with Gasteiger partial charge < -0.3 is 9.64 Å². The molecule has 0 saturated carbocycles. The molecule has 1 unspecified atom stereocenters. The summed E-state index contributed by atoms with van der Waals surface area (Å²) in [5.41, 5.74) is 0.416. The molecule has 1 atom stereocenters. The second kappa shape index (κ2) is 10.8. The van der Waals surface area contributed by atoms with E-state index in [9.17, 15) is 4.79 Å². The van der Waals surface area contributed by atoms with Gasteiger partial charge in [0.2, 0.25) is 0 Å². The van der Waals surface area contributed by atoms with Gasteiger partial charge in [0.25, 0.3) is 0 Å². The Morgan fingerprint density at radius 2 is 1.16 bits per heavy atom. The first-order valence-electron chi connectivity index (χ1n) is 12.5. The zero-order valence-corrected chi connectivity index (χ0v) is 21.9. The van der Waals surface area contributed by atoms with E-state index in [0.29, 0.717) is 24.5 Å². The molecule has 31 heavy (non-hydrogen) atoms. The molecule has 182 valence electrons. The van der Waals surface area contributed by atoms with Crippen molar-refractivity contribution in [1.29, 1.82) is 0 Å². The van der Waals surface area contributed by atoms with Gasteiger partial charge in [0.15, 0.2) is 0 Å². The highest BCUT2D eigenvalue weighted by Crippen LogP contribution is 2.26. The lowest BCUT2D eigenvalue weighted by molar-refractivity contribution is 0.00588. The van der Waals surface area contributed by atoms with Gasteiger partial charge in [-0.15, -0.1) is 0 Å². The van der Waals surface area contributed by atoms with Gasteiger partial charge >= 0.3 is 6.09 Å². The molecule has 2 aliphatic rings. The molecule has 0 bridgehead atoms. The number of nitrogens with zero attached hydrogens (tertiary/aromatic N) is 4. The van der Waals surface area contributed by atoms with E-state index in [2.05, 4.69) is 77.0 Å². The highest BCUT2D eigenvalue weighted by Gasteiger charge is 2.35. The van der Waals surface area contributed by atoms with E-state index in [1.165, 1.54) is 0 Å². The number of piperazine rings is 2. The average molecular weight is 439 g/mol. The number of carbonyl (C=O) groups excluding carboxylic acids is 1. The van der Waals surface area contributed by atoms with Crippen LogP contribution in [-0.4, -0.2) is 102 Å². The first-order chi connectivity index (χ1) is 14.4. The van der Waals surface area contributed by atoms with Crippen LogP contribution in [0.5, 0.6) is 0 Å². The van der Waals surface area contributed by atoms with Gasteiger partial charge in [0, 0.05) is 69.5 Å². The molecule has 0 radical (unpaired) electrons. The maximum absolute atomic E-state index is 12.5. The van der Waals surface area contributed by atoms with Crippen molar-refractivity contribution in [2.45, 2.75) is 85.9 Å². The minimum atomic E-state index is -0.141. The molecular weight excluding hydrogens is 388 g/mol. The lowest BCUT2D eigenvalue weighted by Gasteiger charge is -2.47. The smallest absolute Gasteiger partial charge is 0.409 e. The summed E-state index contributed by atoms with van der Waals surface area (Å²) in [7, 11) is 0. The Labute approximate surface area is 192 Å². The third-order valence-electron chi connectivity index (χ3n) is 8.69. The van der Waals surface area contributed by atoms with E-state index in [-0.39, 0.29) is 17.2 Å². The molecule has 1 amide bonds. The Morgan fingerprint density at radius 1 is 0.742 bits per heavy atom. The molecular formula is C25H50N4O2. The molecule has 6 heteroatoms. The summed E-state index contributed by atoms with van der Waals surface area (Å²) in [4.78, 5) is 22.1. The Hall–Kier alpha value is -0.850. The number of amides is 1. The number of ether oxygens (including phenoxy) is 1. The summed E-state index contributed by atoms with van der Waals surface area (Å²) in [6.07, 6.45) is 0.761. The Balaban J connectivity index is 1.68. The molecule has 0 aromatic rings. The van der Waals surface area contributed by atoms with Crippen LogP contribution in [0.4, 0.5) is 4.79 Å². The molecule has 2 saturated heterocycles. The molecule has 0 aliphatic carbocycles. The first kappa shape index (κ1) is 26.4. The van der Waals surface area contributed by atoms with E-state index < -0.39 is 0 Å². The fourth-order valence-electron chi connectivity index (χ4n) is 4.53. The molecule has 2 rings (SSSR count). The second-order valence-electron chi connectivity index (χ2n) is 11.4. The van der Waals surface area contributed by atoms with Crippen LogP contribution in [0.1, 0.15) is 68.7 Å². The minimum absolute atomic E-state index is 0.141. The summed E-state index contributed by atoms with van der Waals surface area (Å²) < 4.78 is 5.65. The van der Waals surface area contributed by atoms with E-state index in [1.54, 1.807) is 0 Å². The summed E-state index contributed by atoms with van der Waals surface area (Å²) in [5.74, 6) is 1.24.